The molecule has 136 valence electrons. The van der Waals surface area contributed by atoms with E-state index >= 15 is 0 Å². The van der Waals surface area contributed by atoms with Crippen LogP contribution in [-0.2, 0) is 15.8 Å². The molecule has 2 amide bonds. The van der Waals surface area contributed by atoms with Gasteiger partial charge < -0.3 is 14.9 Å². The second-order valence-corrected chi connectivity index (χ2v) is 5.63. The van der Waals surface area contributed by atoms with Crippen LogP contribution < -0.4 is 4.90 Å². The number of alkyl halides is 3. The number of benzene rings is 1. The lowest BCUT2D eigenvalue weighted by Gasteiger charge is -2.22. The van der Waals surface area contributed by atoms with Crippen LogP contribution in [0.3, 0.4) is 0 Å². The Hall–Kier alpha value is -2.58. The molecule has 1 aliphatic rings. The quantitative estimate of drug-likeness (QED) is 0.877. The Bertz CT molecular complexity index is 703. The standard InChI is InChI=1S/C16H17F3N2O4/c1-2-20(9-14(23)24)15(25)10-6-11(16(17,18)19)8-12(7-10)21-5-3-4-13(21)22/h6-8H,2-5,9H2,1H3,(H,23,24). The van der Waals surface area contributed by atoms with Crippen molar-refractivity contribution in [2.45, 2.75) is 25.9 Å². The minimum absolute atomic E-state index is 0.00736. The van der Waals surface area contributed by atoms with Gasteiger partial charge in [-0.05, 0) is 31.5 Å². The Morgan fingerprint density at radius 3 is 2.44 bits per heavy atom. The molecule has 0 atom stereocenters. The highest BCUT2D eigenvalue weighted by Gasteiger charge is 2.34. The molecule has 1 aromatic rings. The van der Waals surface area contributed by atoms with Crippen molar-refractivity contribution in [3.05, 3.63) is 29.3 Å². The van der Waals surface area contributed by atoms with Crippen molar-refractivity contribution in [2.75, 3.05) is 24.5 Å². The van der Waals surface area contributed by atoms with Crippen LogP contribution in [0.25, 0.3) is 0 Å². The molecule has 25 heavy (non-hydrogen) atoms. The summed E-state index contributed by atoms with van der Waals surface area (Å²) in [4.78, 5) is 37.2. The molecule has 1 heterocycles. The lowest BCUT2D eigenvalue weighted by atomic mass is 10.1. The van der Waals surface area contributed by atoms with Crippen LogP contribution in [0, 0.1) is 0 Å². The third-order valence-electron chi connectivity index (χ3n) is 3.87. The Morgan fingerprint density at radius 2 is 1.96 bits per heavy atom. The zero-order valence-corrected chi connectivity index (χ0v) is 13.5. The monoisotopic (exact) mass is 358 g/mol. The number of halogens is 3. The fourth-order valence-electron chi connectivity index (χ4n) is 2.65. The van der Waals surface area contributed by atoms with Crippen molar-refractivity contribution < 1.29 is 32.7 Å². The van der Waals surface area contributed by atoms with Crippen LogP contribution in [0.1, 0.15) is 35.7 Å². The largest absolute Gasteiger partial charge is 0.480 e. The smallest absolute Gasteiger partial charge is 0.416 e. The van der Waals surface area contributed by atoms with Gasteiger partial charge in [-0.25, -0.2) is 0 Å². The Balaban J connectivity index is 2.47. The molecule has 0 aromatic heterocycles. The molecule has 0 bridgehead atoms. The van der Waals surface area contributed by atoms with E-state index < -0.39 is 30.2 Å². The SMILES string of the molecule is CCN(CC(=O)O)C(=O)c1cc(N2CCCC2=O)cc(C(F)(F)F)c1. The van der Waals surface area contributed by atoms with Gasteiger partial charge in [0.2, 0.25) is 5.91 Å². The van der Waals surface area contributed by atoms with Crippen LogP contribution in [0.2, 0.25) is 0 Å². The molecule has 1 saturated heterocycles. The molecule has 0 radical (unpaired) electrons. The van der Waals surface area contributed by atoms with Crippen molar-refractivity contribution in [3.8, 4) is 0 Å². The van der Waals surface area contributed by atoms with Gasteiger partial charge in [0.1, 0.15) is 6.54 Å². The van der Waals surface area contributed by atoms with Crippen molar-refractivity contribution in [1.29, 1.82) is 0 Å². The summed E-state index contributed by atoms with van der Waals surface area (Å²) in [6.07, 6.45) is -3.93. The number of anilines is 1. The molecule has 1 fully saturated rings. The molecule has 0 aliphatic carbocycles. The van der Waals surface area contributed by atoms with E-state index in [0.29, 0.717) is 12.5 Å². The highest BCUT2D eigenvalue weighted by molar-refractivity contribution is 6.00. The normalized spacial score (nSPS) is 14.7. The Labute approximate surface area is 141 Å². The topological polar surface area (TPSA) is 77.9 Å². The fourth-order valence-corrected chi connectivity index (χ4v) is 2.65. The molecule has 9 heteroatoms. The van der Waals surface area contributed by atoms with Gasteiger partial charge in [-0.15, -0.1) is 0 Å². The number of carboxylic acids is 1. The number of hydrogen-bond acceptors (Lipinski definition) is 3. The van der Waals surface area contributed by atoms with Gasteiger partial charge in [-0.2, -0.15) is 13.2 Å². The van der Waals surface area contributed by atoms with Crippen molar-refractivity contribution in [1.82, 2.24) is 4.90 Å². The molecule has 1 aliphatic heterocycles. The van der Waals surface area contributed by atoms with Crippen LogP contribution in [0.15, 0.2) is 18.2 Å². The molecule has 0 spiro atoms. The number of likely N-dealkylation sites (N-methyl/N-ethyl adjacent to an activating group) is 1. The molecular formula is C16H17F3N2O4. The average Bonchev–Trinajstić information content (AvgIpc) is 2.96. The first-order valence-corrected chi connectivity index (χ1v) is 7.67. The predicted molar refractivity (Wildman–Crippen MR) is 82.2 cm³/mol. The number of carbonyl (C=O) groups excluding carboxylic acids is 2. The van der Waals surface area contributed by atoms with E-state index in [1.807, 2.05) is 0 Å². The van der Waals surface area contributed by atoms with Crippen LogP contribution in [0.5, 0.6) is 0 Å². The molecule has 2 rings (SSSR count). The van der Waals surface area contributed by atoms with E-state index in [1.165, 1.54) is 17.9 Å². The minimum atomic E-state index is -4.70. The van der Waals surface area contributed by atoms with Crippen molar-refractivity contribution >= 4 is 23.5 Å². The molecule has 6 nitrogen and oxygen atoms in total. The van der Waals surface area contributed by atoms with Crippen LogP contribution in [0.4, 0.5) is 18.9 Å². The summed E-state index contributed by atoms with van der Waals surface area (Å²) in [5.41, 5.74) is -1.36. The van der Waals surface area contributed by atoms with Crippen molar-refractivity contribution in [2.24, 2.45) is 0 Å². The van der Waals surface area contributed by atoms with Gasteiger partial charge in [0.25, 0.3) is 5.91 Å². The maximum absolute atomic E-state index is 13.2. The summed E-state index contributed by atoms with van der Waals surface area (Å²) >= 11 is 0. The third-order valence-corrected chi connectivity index (χ3v) is 3.87. The Kier molecular flexibility index (Phi) is 5.34. The number of carboxylic acid groups (broad SMARTS) is 1. The first kappa shape index (κ1) is 18.8. The molecular weight excluding hydrogens is 341 g/mol. The maximum atomic E-state index is 13.2. The van der Waals surface area contributed by atoms with Crippen molar-refractivity contribution in [3.63, 3.8) is 0 Å². The number of nitrogens with zero attached hydrogens (tertiary/aromatic N) is 2. The summed E-state index contributed by atoms with van der Waals surface area (Å²) in [7, 11) is 0. The number of aliphatic carboxylic acids is 1. The minimum Gasteiger partial charge on any atom is -0.480 e. The third kappa shape index (κ3) is 4.28. The molecule has 0 saturated carbocycles. The Morgan fingerprint density at radius 1 is 1.28 bits per heavy atom. The lowest BCUT2D eigenvalue weighted by molar-refractivity contribution is -0.138. The van der Waals surface area contributed by atoms with E-state index in [-0.39, 0.29) is 36.7 Å². The van der Waals surface area contributed by atoms with Gasteiger partial charge >= 0.3 is 12.1 Å². The second-order valence-electron chi connectivity index (χ2n) is 5.63. The molecule has 1 N–H and O–H groups in total. The van der Waals surface area contributed by atoms with Gasteiger partial charge in [-0.3, -0.25) is 14.4 Å². The number of rotatable bonds is 5. The van der Waals surface area contributed by atoms with Crippen LogP contribution >= 0.6 is 0 Å². The fraction of sp³-hybridized carbons (Fsp3) is 0.438. The van der Waals surface area contributed by atoms with Gasteiger partial charge in [0.05, 0.1) is 5.56 Å². The molecule has 1 aromatic carbocycles. The predicted octanol–water partition coefficient (Wildman–Crippen LogP) is 2.38. The second kappa shape index (κ2) is 7.12. The number of hydrogen-bond donors (Lipinski definition) is 1. The summed E-state index contributed by atoms with van der Waals surface area (Å²) in [6.45, 7) is 1.21. The van der Waals surface area contributed by atoms with E-state index in [9.17, 15) is 27.6 Å². The van der Waals surface area contributed by atoms with E-state index in [1.54, 1.807) is 0 Å². The maximum Gasteiger partial charge on any atom is 0.416 e. The summed E-state index contributed by atoms with van der Waals surface area (Å²) in [5, 5.41) is 8.83. The van der Waals surface area contributed by atoms with E-state index in [2.05, 4.69) is 0 Å². The van der Waals surface area contributed by atoms with Gasteiger partial charge in [0.15, 0.2) is 0 Å². The van der Waals surface area contributed by atoms with Crippen LogP contribution in [-0.4, -0.2) is 47.4 Å². The lowest BCUT2D eigenvalue weighted by Crippen LogP contribution is -2.35. The number of carbonyl (C=O) groups is 3. The van der Waals surface area contributed by atoms with Gasteiger partial charge in [0, 0.05) is 30.8 Å². The zero-order valence-electron chi connectivity index (χ0n) is 13.5. The average molecular weight is 358 g/mol. The highest BCUT2D eigenvalue weighted by atomic mass is 19.4. The summed E-state index contributed by atoms with van der Waals surface area (Å²) in [5.74, 6) is -2.41. The summed E-state index contributed by atoms with van der Waals surface area (Å²) < 4.78 is 39.5. The summed E-state index contributed by atoms with van der Waals surface area (Å²) in [6, 6.07) is 2.70. The molecule has 0 unspecified atom stereocenters. The first-order chi connectivity index (χ1) is 11.6. The van der Waals surface area contributed by atoms with Gasteiger partial charge in [-0.1, -0.05) is 0 Å². The zero-order chi connectivity index (χ0) is 18.8. The highest BCUT2D eigenvalue weighted by Crippen LogP contribution is 2.34. The first-order valence-electron chi connectivity index (χ1n) is 7.67. The number of amides is 2. The van der Waals surface area contributed by atoms with E-state index in [0.717, 1.165) is 11.0 Å². The van der Waals surface area contributed by atoms with E-state index in [4.69, 9.17) is 5.11 Å².